The first kappa shape index (κ1) is 16.3. The van der Waals surface area contributed by atoms with Crippen molar-refractivity contribution in [1.29, 1.82) is 0 Å². The zero-order valence-corrected chi connectivity index (χ0v) is 13.7. The lowest BCUT2D eigenvalue weighted by Crippen LogP contribution is -2.55. The quantitative estimate of drug-likeness (QED) is 0.819. The highest BCUT2D eigenvalue weighted by Gasteiger charge is 2.44. The predicted molar refractivity (Wildman–Crippen MR) is 80.8 cm³/mol. The number of nitrogens with zero attached hydrogens (tertiary/aromatic N) is 1. The maximum Gasteiger partial charge on any atom is 0.324 e. The Morgan fingerprint density at radius 1 is 1.33 bits per heavy atom. The third kappa shape index (κ3) is 4.19. The first-order valence-electron chi connectivity index (χ1n) is 7.85. The summed E-state index contributed by atoms with van der Waals surface area (Å²) in [6.07, 6.45) is 3.92. The van der Waals surface area contributed by atoms with Gasteiger partial charge in [-0.15, -0.1) is 0 Å². The van der Waals surface area contributed by atoms with Gasteiger partial charge in [0.15, 0.2) is 0 Å². The monoisotopic (exact) mass is 296 g/mol. The van der Waals surface area contributed by atoms with Gasteiger partial charge in [0.05, 0.1) is 12.5 Å². The maximum atomic E-state index is 12.5. The van der Waals surface area contributed by atoms with E-state index in [1.54, 1.807) is 7.11 Å². The van der Waals surface area contributed by atoms with Gasteiger partial charge in [-0.3, -0.25) is 9.69 Å². The Kier molecular flexibility index (Phi) is 4.61. The number of amides is 3. The Morgan fingerprint density at radius 2 is 2.00 bits per heavy atom. The van der Waals surface area contributed by atoms with Gasteiger partial charge in [-0.05, 0) is 36.5 Å². The minimum absolute atomic E-state index is 0.0121. The molecular weight excluding hydrogens is 268 g/mol. The number of imide groups is 1. The zero-order valence-electron chi connectivity index (χ0n) is 13.7. The molecule has 1 atom stereocenters. The molecule has 1 saturated carbocycles. The van der Waals surface area contributed by atoms with E-state index < -0.39 is 0 Å². The summed E-state index contributed by atoms with van der Waals surface area (Å²) in [5.41, 5.74) is 0.286. The second-order valence-corrected chi connectivity index (χ2v) is 7.82. The molecule has 2 fully saturated rings. The fraction of sp³-hybridized carbons (Fsp3) is 0.875. The van der Waals surface area contributed by atoms with Gasteiger partial charge in [-0.25, -0.2) is 4.79 Å². The van der Waals surface area contributed by atoms with Crippen LogP contribution in [0.3, 0.4) is 0 Å². The molecule has 120 valence electrons. The van der Waals surface area contributed by atoms with Gasteiger partial charge in [0.1, 0.15) is 0 Å². The average Bonchev–Trinajstić information content (AvgIpc) is 3.12. The fourth-order valence-corrected chi connectivity index (χ4v) is 3.12. The molecule has 1 heterocycles. The van der Waals surface area contributed by atoms with Crippen LogP contribution in [0.15, 0.2) is 0 Å². The summed E-state index contributed by atoms with van der Waals surface area (Å²) in [5.74, 6) is -0.109. The van der Waals surface area contributed by atoms with Gasteiger partial charge >= 0.3 is 6.03 Å². The van der Waals surface area contributed by atoms with E-state index in [0.29, 0.717) is 13.1 Å². The SMILES string of the molecule is COCC1(CCN2C(=O)NCC(CC(C)(C)C)C2=O)CC1. The Morgan fingerprint density at radius 3 is 2.52 bits per heavy atom. The van der Waals surface area contributed by atoms with Crippen LogP contribution in [0.1, 0.15) is 46.5 Å². The van der Waals surface area contributed by atoms with Crippen LogP contribution in [-0.4, -0.2) is 43.6 Å². The van der Waals surface area contributed by atoms with Crippen LogP contribution in [0.25, 0.3) is 0 Å². The molecule has 0 aromatic carbocycles. The molecule has 3 amide bonds. The summed E-state index contributed by atoms with van der Waals surface area (Å²) in [6.45, 7) is 8.07. The smallest absolute Gasteiger partial charge is 0.324 e. The largest absolute Gasteiger partial charge is 0.384 e. The number of methoxy groups -OCH3 is 1. The van der Waals surface area contributed by atoms with Crippen LogP contribution in [0, 0.1) is 16.7 Å². The van der Waals surface area contributed by atoms with Crippen molar-refractivity contribution in [2.24, 2.45) is 16.7 Å². The lowest BCUT2D eigenvalue weighted by Gasteiger charge is -2.35. The van der Waals surface area contributed by atoms with E-state index in [0.717, 1.165) is 32.3 Å². The molecule has 2 aliphatic rings. The van der Waals surface area contributed by atoms with E-state index in [1.165, 1.54) is 4.90 Å². The third-order valence-corrected chi connectivity index (χ3v) is 4.49. The molecule has 1 saturated heterocycles. The van der Waals surface area contributed by atoms with E-state index in [9.17, 15) is 9.59 Å². The van der Waals surface area contributed by atoms with Crippen molar-refractivity contribution in [2.45, 2.75) is 46.5 Å². The normalized spacial score (nSPS) is 25.0. The number of ether oxygens (including phenoxy) is 1. The van der Waals surface area contributed by atoms with Crippen molar-refractivity contribution in [3.63, 3.8) is 0 Å². The number of rotatable bonds is 6. The second-order valence-electron chi connectivity index (χ2n) is 7.82. The predicted octanol–water partition coefficient (Wildman–Crippen LogP) is 2.41. The molecule has 5 nitrogen and oxygen atoms in total. The highest BCUT2D eigenvalue weighted by molar-refractivity contribution is 5.98. The van der Waals surface area contributed by atoms with E-state index in [1.807, 2.05) is 0 Å². The van der Waals surface area contributed by atoms with Gasteiger partial charge in [0, 0.05) is 20.2 Å². The number of carbonyl (C=O) groups excluding carboxylic acids is 2. The van der Waals surface area contributed by atoms with Crippen molar-refractivity contribution in [3.05, 3.63) is 0 Å². The van der Waals surface area contributed by atoms with Crippen molar-refractivity contribution >= 4 is 11.9 Å². The summed E-state index contributed by atoms with van der Waals surface area (Å²) in [7, 11) is 1.71. The molecule has 0 aromatic rings. The van der Waals surface area contributed by atoms with Gasteiger partial charge in [-0.1, -0.05) is 20.8 Å². The molecular formula is C16H28N2O3. The standard InChI is InChI=1S/C16H28N2O3/c1-15(2,3)9-12-10-17-14(20)18(13(12)19)8-7-16(5-6-16)11-21-4/h12H,5-11H2,1-4H3,(H,17,20). The topological polar surface area (TPSA) is 58.6 Å². The van der Waals surface area contributed by atoms with Crippen LogP contribution in [-0.2, 0) is 9.53 Å². The molecule has 21 heavy (non-hydrogen) atoms. The van der Waals surface area contributed by atoms with Crippen molar-refractivity contribution in [1.82, 2.24) is 10.2 Å². The van der Waals surface area contributed by atoms with Gasteiger partial charge in [0.25, 0.3) is 0 Å². The van der Waals surface area contributed by atoms with Crippen LogP contribution in [0.2, 0.25) is 0 Å². The van der Waals surface area contributed by atoms with E-state index >= 15 is 0 Å². The number of hydrogen-bond acceptors (Lipinski definition) is 3. The van der Waals surface area contributed by atoms with E-state index in [-0.39, 0.29) is 28.7 Å². The summed E-state index contributed by atoms with van der Waals surface area (Å²) >= 11 is 0. The lowest BCUT2D eigenvalue weighted by molar-refractivity contribution is -0.135. The Balaban J connectivity index is 1.93. The highest BCUT2D eigenvalue weighted by Crippen LogP contribution is 2.49. The summed E-state index contributed by atoms with van der Waals surface area (Å²) in [5, 5.41) is 2.86. The summed E-state index contributed by atoms with van der Waals surface area (Å²) in [4.78, 5) is 25.9. The molecule has 1 unspecified atom stereocenters. The maximum absolute atomic E-state index is 12.5. The van der Waals surface area contributed by atoms with Crippen LogP contribution in [0.5, 0.6) is 0 Å². The third-order valence-electron chi connectivity index (χ3n) is 4.49. The Labute approximate surface area is 127 Å². The molecule has 2 rings (SSSR count). The minimum atomic E-state index is -0.238. The zero-order chi connectivity index (χ0) is 15.7. The van der Waals surface area contributed by atoms with Gasteiger partial charge in [-0.2, -0.15) is 0 Å². The molecule has 0 bridgehead atoms. The lowest BCUT2D eigenvalue weighted by atomic mass is 9.83. The fourth-order valence-electron chi connectivity index (χ4n) is 3.12. The number of carbonyl (C=O) groups is 2. The van der Waals surface area contributed by atoms with E-state index in [4.69, 9.17) is 4.74 Å². The van der Waals surface area contributed by atoms with Crippen molar-refractivity contribution in [3.8, 4) is 0 Å². The van der Waals surface area contributed by atoms with Gasteiger partial charge < -0.3 is 10.1 Å². The molecule has 0 aromatic heterocycles. The molecule has 1 aliphatic carbocycles. The highest BCUT2D eigenvalue weighted by atomic mass is 16.5. The van der Waals surface area contributed by atoms with Crippen LogP contribution < -0.4 is 5.32 Å². The molecule has 1 aliphatic heterocycles. The first-order chi connectivity index (χ1) is 9.76. The van der Waals surface area contributed by atoms with Crippen molar-refractivity contribution in [2.75, 3.05) is 26.8 Å². The van der Waals surface area contributed by atoms with Crippen molar-refractivity contribution < 1.29 is 14.3 Å². The molecule has 1 N–H and O–H groups in total. The summed E-state index contributed by atoms with van der Waals surface area (Å²) < 4.78 is 5.25. The minimum Gasteiger partial charge on any atom is -0.384 e. The number of nitrogens with one attached hydrogen (secondary N) is 1. The van der Waals surface area contributed by atoms with E-state index in [2.05, 4.69) is 26.1 Å². The first-order valence-corrected chi connectivity index (χ1v) is 7.85. The average molecular weight is 296 g/mol. The molecule has 5 heteroatoms. The second kappa shape index (κ2) is 5.95. The number of urea groups is 1. The van der Waals surface area contributed by atoms with Crippen LogP contribution in [0.4, 0.5) is 4.79 Å². The molecule has 0 spiro atoms. The van der Waals surface area contributed by atoms with Crippen LogP contribution >= 0.6 is 0 Å². The summed E-state index contributed by atoms with van der Waals surface area (Å²) in [6, 6.07) is -0.238. The number of hydrogen-bond donors (Lipinski definition) is 1. The van der Waals surface area contributed by atoms with Gasteiger partial charge in [0.2, 0.25) is 5.91 Å². The molecule has 0 radical (unpaired) electrons. The Bertz CT molecular complexity index is 410. The Hall–Kier alpha value is -1.10.